The molecule has 5 aromatic carbocycles. The lowest BCUT2D eigenvalue weighted by Crippen LogP contribution is -2.38. The minimum atomic E-state index is -1.38. The van der Waals surface area contributed by atoms with Crippen LogP contribution in [0.4, 0.5) is 19.3 Å². The van der Waals surface area contributed by atoms with E-state index in [0.717, 1.165) is 16.7 Å². The number of hydrogen-bond donors (Lipinski definition) is 2. The SMILES string of the molecule is O=C(O)Nc1cc2c(C=Cc3cccc(F)c3)nn(C(c3ccccc3)(c3ccccc3)c3ccccc3)c2cc1F. The van der Waals surface area contributed by atoms with E-state index in [1.54, 1.807) is 29.0 Å². The third-order valence-corrected chi connectivity index (χ3v) is 7.21. The first kappa shape index (κ1) is 26.7. The smallest absolute Gasteiger partial charge is 0.409 e. The topological polar surface area (TPSA) is 67.2 Å². The Balaban J connectivity index is 1.72. The van der Waals surface area contributed by atoms with Crippen LogP contribution in [0.5, 0.6) is 0 Å². The molecule has 206 valence electrons. The van der Waals surface area contributed by atoms with E-state index in [4.69, 9.17) is 5.10 Å². The Morgan fingerprint density at radius 3 is 1.83 bits per heavy atom. The summed E-state index contributed by atoms with van der Waals surface area (Å²) in [5.74, 6) is -1.12. The van der Waals surface area contributed by atoms with E-state index in [0.29, 0.717) is 22.2 Å². The van der Waals surface area contributed by atoms with Crippen LogP contribution in [0.1, 0.15) is 27.9 Å². The number of nitrogens with zero attached hydrogens (tertiary/aromatic N) is 2. The van der Waals surface area contributed by atoms with Crippen LogP contribution in [-0.2, 0) is 5.54 Å². The Bertz CT molecular complexity index is 1810. The number of aromatic nitrogens is 2. The zero-order valence-corrected chi connectivity index (χ0v) is 22.3. The first-order chi connectivity index (χ1) is 20.5. The summed E-state index contributed by atoms with van der Waals surface area (Å²) in [6, 6.07) is 38.4. The average molecular weight is 558 g/mol. The second-order valence-electron chi connectivity index (χ2n) is 9.77. The number of fused-ring (bicyclic) bond motifs is 1. The number of carboxylic acid groups (broad SMARTS) is 1. The Kier molecular flexibility index (Phi) is 7.07. The molecular formula is C35H25F2N3O2. The van der Waals surface area contributed by atoms with Crippen molar-refractivity contribution < 1.29 is 18.7 Å². The van der Waals surface area contributed by atoms with E-state index in [1.807, 2.05) is 91.0 Å². The lowest BCUT2D eigenvalue weighted by molar-refractivity contribution is 0.209. The van der Waals surface area contributed by atoms with Gasteiger partial charge in [0.1, 0.15) is 17.2 Å². The molecule has 0 aliphatic rings. The second kappa shape index (κ2) is 11.1. The molecule has 0 saturated carbocycles. The van der Waals surface area contributed by atoms with Gasteiger partial charge in [-0.3, -0.25) is 5.32 Å². The summed E-state index contributed by atoms with van der Waals surface area (Å²) >= 11 is 0. The summed E-state index contributed by atoms with van der Waals surface area (Å²) in [6.07, 6.45) is 2.06. The van der Waals surface area contributed by atoms with Crippen molar-refractivity contribution in [2.24, 2.45) is 0 Å². The lowest BCUT2D eigenvalue weighted by atomic mass is 9.77. The quantitative estimate of drug-likeness (QED) is 0.194. The molecular weight excluding hydrogens is 532 g/mol. The molecule has 6 rings (SSSR count). The first-order valence-electron chi connectivity index (χ1n) is 13.3. The van der Waals surface area contributed by atoms with Gasteiger partial charge in [0.15, 0.2) is 0 Å². The van der Waals surface area contributed by atoms with Crippen LogP contribution in [0.15, 0.2) is 127 Å². The van der Waals surface area contributed by atoms with Gasteiger partial charge in [-0.15, -0.1) is 0 Å². The minimum Gasteiger partial charge on any atom is -0.465 e. The van der Waals surface area contributed by atoms with Crippen LogP contribution in [0.2, 0.25) is 0 Å². The monoisotopic (exact) mass is 557 g/mol. The molecule has 2 N–H and O–H groups in total. The molecule has 0 atom stereocenters. The van der Waals surface area contributed by atoms with Crippen molar-refractivity contribution in [3.63, 3.8) is 0 Å². The van der Waals surface area contributed by atoms with Crippen molar-refractivity contribution in [3.8, 4) is 0 Å². The molecule has 5 nitrogen and oxygen atoms in total. The summed E-state index contributed by atoms with van der Waals surface area (Å²) in [7, 11) is 0. The van der Waals surface area contributed by atoms with Gasteiger partial charge in [0, 0.05) is 11.5 Å². The number of hydrogen-bond acceptors (Lipinski definition) is 2. The highest BCUT2D eigenvalue weighted by atomic mass is 19.1. The zero-order chi connectivity index (χ0) is 29.1. The number of carbonyl (C=O) groups is 1. The van der Waals surface area contributed by atoms with Gasteiger partial charge in [-0.25, -0.2) is 18.3 Å². The number of halogens is 2. The largest absolute Gasteiger partial charge is 0.465 e. The maximum Gasteiger partial charge on any atom is 0.409 e. The summed E-state index contributed by atoms with van der Waals surface area (Å²) < 4.78 is 31.3. The molecule has 0 saturated heterocycles. The summed E-state index contributed by atoms with van der Waals surface area (Å²) in [5, 5.41) is 17.1. The fourth-order valence-electron chi connectivity index (χ4n) is 5.44. The molecule has 6 aromatic rings. The Morgan fingerprint density at radius 2 is 1.31 bits per heavy atom. The van der Waals surface area contributed by atoms with Gasteiger partial charge in [-0.05, 0) is 46.5 Å². The summed E-state index contributed by atoms with van der Waals surface area (Å²) in [4.78, 5) is 11.5. The Labute approximate surface area is 241 Å². The molecule has 1 aromatic heterocycles. The van der Waals surface area contributed by atoms with Crippen LogP contribution in [0, 0.1) is 11.6 Å². The van der Waals surface area contributed by atoms with Gasteiger partial charge in [0.2, 0.25) is 0 Å². The highest BCUT2D eigenvalue weighted by molar-refractivity contribution is 5.95. The third-order valence-electron chi connectivity index (χ3n) is 7.21. The van der Waals surface area contributed by atoms with E-state index >= 15 is 4.39 Å². The van der Waals surface area contributed by atoms with Crippen molar-refractivity contribution in [1.82, 2.24) is 9.78 Å². The number of amides is 1. The van der Waals surface area contributed by atoms with Crippen molar-refractivity contribution in [2.75, 3.05) is 5.32 Å². The van der Waals surface area contributed by atoms with Gasteiger partial charge in [-0.1, -0.05) is 109 Å². The molecule has 1 heterocycles. The highest BCUT2D eigenvalue weighted by Crippen LogP contribution is 2.43. The van der Waals surface area contributed by atoms with Crippen LogP contribution < -0.4 is 5.32 Å². The van der Waals surface area contributed by atoms with Crippen molar-refractivity contribution in [2.45, 2.75) is 5.54 Å². The standard InChI is InChI=1S/C35H25F2N3O2/c36-28-18-10-11-24(21-28)19-20-31-29-22-32(38-34(41)42)30(37)23-33(29)40(39-31)35(25-12-4-1-5-13-25,26-14-6-2-7-15-26)27-16-8-3-9-17-27/h1-23,38H,(H,41,42). The van der Waals surface area contributed by atoms with Crippen molar-refractivity contribution in [3.05, 3.63) is 167 Å². The van der Waals surface area contributed by atoms with E-state index in [2.05, 4.69) is 5.32 Å². The lowest BCUT2D eigenvalue weighted by Gasteiger charge is -2.37. The Hall–Kier alpha value is -5.56. The van der Waals surface area contributed by atoms with Gasteiger partial charge in [0.05, 0.1) is 16.9 Å². The molecule has 0 radical (unpaired) electrons. The van der Waals surface area contributed by atoms with Crippen LogP contribution in [0.25, 0.3) is 23.1 Å². The molecule has 0 unspecified atom stereocenters. The number of nitrogens with one attached hydrogen (secondary N) is 1. The van der Waals surface area contributed by atoms with E-state index < -0.39 is 17.4 Å². The second-order valence-corrected chi connectivity index (χ2v) is 9.77. The minimum absolute atomic E-state index is 0.195. The molecule has 42 heavy (non-hydrogen) atoms. The van der Waals surface area contributed by atoms with Crippen LogP contribution in [0.3, 0.4) is 0 Å². The maximum absolute atomic E-state index is 15.5. The normalized spacial score (nSPS) is 11.7. The van der Waals surface area contributed by atoms with E-state index in [-0.39, 0.29) is 11.5 Å². The van der Waals surface area contributed by atoms with E-state index in [1.165, 1.54) is 24.3 Å². The van der Waals surface area contributed by atoms with Crippen LogP contribution in [-0.4, -0.2) is 21.0 Å². The van der Waals surface area contributed by atoms with Crippen molar-refractivity contribution in [1.29, 1.82) is 0 Å². The van der Waals surface area contributed by atoms with Gasteiger partial charge < -0.3 is 5.11 Å². The van der Waals surface area contributed by atoms with Gasteiger partial charge in [0.25, 0.3) is 0 Å². The third kappa shape index (κ3) is 4.81. The molecule has 0 spiro atoms. The predicted molar refractivity (Wildman–Crippen MR) is 161 cm³/mol. The molecule has 1 amide bonds. The molecule has 7 heteroatoms. The predicted octanol–water partition coefficient (Wildman–Crippen LogP) is 8.42. The number of benzene rings is 5. The maximum atomic E-state index is 15.5. The van der Waals surface area contributed by atoms with Crippen molar-refractivity contribution >= 4 is 34.8 Å². The molecule has 0 aliphatic heterocycles. The fraction of sp³-hybridized carbons (Fsp3) is 0.0286. The molecule has 0 bridgehead atoms. The Morgan fingerprint density at radius 1 is 0.738 bits per heavy atom. The summed E-state index contributed by atoms with van der Waals surface area (Å²) in [6.45, 7) is 0. The van der Waals surface area contributed by atoms with E-state index in [9.17, 15) is 14.3 Å². The summed E-state index contributed by atoms with van der Waals surface area (Å²) in [5.41, 5.74) is 2.95. The van der Waals surface area contributed by atoms with Crippen LogP contribution >= 0.6 is 0 Å². The molecule has 0 aliphatic carbocycles. The van der Waals surface area contributed by atoms with Gasteiger partial charge >= 0.3 is 6.09 Å². The number of rotatable bonds is 7. The zero-order valence-electron chi connectivity index (χ0n) is 22.3. The fourth-order valence-corrected chi connectivity index (χ4v) is 5.44. The highest BCUT2D eigenvalue weighted by Gasteiger charge is 2.41. The average Bonchev–Trinajstić information content (AvgIpc) is 3.35. The number of anilines is 1. The van der Waals surface area contributed by atoms with Gasteiger partial charge in [-0.2, -0.15) is 5.10 Å². The molecule has 0 fully saturated rings. The first-order valence-corrected chi connectivity index (χ1v) is 13.3.